The van der Waals surface area contributed by atoms with E-state index in [1.807, 2.05) is 0 Å². The number of alkyl halides is 4. The number of aromatic nitrogens is 3. The molecule has 3 heterocycles. The van der Waals surface area contributed by atoms with Crippen molar-refractivity contribution >= 4 is 29.0 Å². The summed E-state index contributed by atoms with van der Waals surface area (Å²) in [6.45, 7) is -0.00845. The van der Waals surface area contributed by atoms with Crippen LogP contribution in [0.4, 0.5) is 24.7 Å². The number of anilines is 2. The molecule has 1 amide bonds. The average Bonchev–Trinajstić information content (AvgIpc) is 3.12. The van der Waals surface area contributed by atoms with Crippen LogP contribution in [0.2, 0.25) is 0 Å². The van der Waals surface area contributed by atoms with Gasteiger partial charge in [0.2, 0.25) is 0 Å². The molecule has 8 nitrogen and oxygen atoms in total. The Hall–Kier alpha value is -3.44. The van der Waals surface area contributed by atoms with Crippen molar-refractivity contribution in [3.63, 3.8) is 0 Å². The van der Waals surface area contributed by atoms with Gasteiger partial charge in [-0.15, -0.1) is 8.78 Å². The molecule has 12 heteroatoms. The quantitative estimate of drug-likeness (QED) is 0.522. The number of amides is 1. The minimum absolute atomic E-state index is 0.0444. The first kappa shape index (κ1) is 22.7. The summed E-state index contributed by atoms with van der Waals surface area (Å²) in [6, 6.07) is 6.72. The van der Waals surface area contributed by atoms with E-state index in [1.54, 1.807) is 4.90 Å². The lowest BCUT2D eigenvalue weighted by atomic mass is 10.1. The zero-order valence-corrected chi connectivity index (χ0v) is 17.6. The third-order valence-electron chi connectivity index (χ3n) is 4.83. The molecule has 1 aliphatic rings. The zero-order chi connectivity index (χ0) is 23.6. The standard InChI is InChI=1S/C21H17ClF3N5O3/c22-21(24,25)33-14-3-1-13(2-4-14)29-20(32)12-7-15(17-9-26-5-6-27-17)19(28-8-12)30-10-16(23)18(31)11-30/h1-9,16,18,31H,10-11H2,(H,29,32). The smallest absolute Gasteiger partial charge is 0.420 e. The summed E-state index contributed by atoms with van der Waals surface area (Å²) >= 11 is 4.73. The highest BCUT2D eigenvalue weighted by Crippen LogP contribution is 2.31. The van der Waals surface area contributed by atoms with Gasteiger partial charge in [0.05, 0.1) is 24.0 Å². The summed E-state index contributed by atoms with van der Waals surface area (Å²) < 4.78 is 43.6. The van der Waals surface area contributed by atoms with Crippen molar-refractivity contribution in [2.24, 2.45) is 0 Å². The topological polar surface area (TPSA) is 100 Å². The number of carbonyl (C=O) groups excluding carboxylic acids is 1. The lowest BCUT2D eigenvalue weighted by molar-refractivity contribution is -0.0964. The molecule has 172 valence electrons. The minimum Gasteiger partial charge on any atom is -0.420 e. The molecule has 1 fully saturated rings. The second kappa shape index (κ2) is 9.20. The summed E-state index contributed by atoms with van der Waals surface area (Å²) in [5.74, 6) is -0.349. The number of β-amino-alcohol motifs (C(OH)–C–C–N with tert-alkyl or cyclic N) is 1. The number of pyridine rings is 1. The summed E-state index contributed by atoms with van der Waals surface area (Å²) in [5.41, 5.74) is -2.51. The fraction of sp³-hybridized carbons (Fsp3) is 0.238. The van der Waals surface area contributed by atoms with Crippen molar-refractivity contribution in [2.75, 3.05) is 23.3 Å². The largest absolute Gasteiger partial charge is 0.487 e. The maximum atomic E-state index is 13.9. The first-order valence-corrected chi connectivity index (χ1v) is 10.1. The van der Waals surface area contributed by atoms with E-state index < -0.39 is 23.8 Å². The lowest BCUT2D eigenvalue weighted by Gasteiger charge is -2.20. The highest BCUT2D eigenvalue weighted by Gasteiger charge is 2.33. The normalized spacial score (nSPS) is 18.3. The van der Waals surface area contributed by atoms with Gasteiger partial charge >= 0.3 is 5.57 Å². The van der Waals surface area contributed by atoms with E-state index in [2.05, 4.69) is 25.0 Å². The van der Waals surface area contributed by atoms with Crippen molar-refractivity contribution in [3.8, 4) is 17.0 Å². The SMILES string of the molecule is O=C(Nc1ccc(OC(F)(F)Cl)cc1)c1cnc(N2CC(O)C(F)C2)c(-c2cnccn2)c1. The second-order valence-electron chi connectivity index (χ2n) is 7.20. The molecular formula is C21H17ClF3N5O3. The van der Waals surface area contributed by atoms with Gasteiger partial charge in [0.25, 0.3) is 5.91 Å². The van der Waals surface area contributed by atoms with E-state index in [0.717, 1.165) is 0 Å². The number of hydrogen-bond acceptors (Lipinski definition) is 7. The van der Waals surface area contributed by atoms with E-state index in [-0.39, 0.29) is 24.4 Å². The molecule has 2 atom stereocenters. The van der Waals surface area contributed by atoms with Gasteiger partial charge in [0.15, 0.2) is 0 Å². The van der Waals surface area contributed by atoms with Crippen LogP contribution in [0.25, 0.3) is 11.3 Å². The van der Waals surface area contributed by atoms with Crippen LogP contribution in [0.1, 0.15) is 10.4 Å². The molecule has 0 spiro atoms. The van der Waals surface area contributed by atoms with Crippen molar-refractivity contribution < 1.29 is 27.8 Å². The predicted octanol–water partition coefficient (Wildman–Crippen LogP) is 3.48. The zero-order valence-electron chi connectivity index (χ0n) is 16.8. The van der Waals surface area contributed by atoms with Gasteiger partial charge < -0.3 is 20.1 Å². The highest BCUT2D eigenvalue weighted by atomic mass is 35.5. The van der Waals surface area contributed by atoms with Crippen LogP contribution in [-0.2, 0) is 0 Å². The van der Waals surface area contributed by atoms with E-state index in [9.17, 15) is 23.1 Å². The molecule has 3 aromatic rings. The van der Waals surface area contributed by atoms with Crippen LogP contribution in [0.5, 0.6) is 5.75 Å². The second-order valence-corrected chi connectivity index (χ2v) is 7.64. The summed E-state index contributed by atoms with van der Waals surface area (Å²) in [7, 11) is 0. The van der Waals surface area contributed by atoms with Crippen molar-refractivity contribution in [3.05, 3.63) is 60.7 Å². The number of aliphatic hydroxyl groups is 1. The molecule has 1 aromatic carbocycles. The molecule has 2 N–H and O–H groups in total. The summed E-state index contributed by atoms with van der Waals surface area (Å²) in [5, 5.41) is 12.4. The Bertz CT molecular complexity index is 1120. The maximum Gasteiger partial charge on any atom is 0.487 e. The van der Waals surface area contributed by atoms with Gasteiger partial charge in [-0.1, -0.05) is 0 Å². The maximum absolute atomic E-state index is 13.9. The number of nitrogens with zero attached hydrogens (tertiary/aromatic N) is 4. The van der Waals surface area contributed by atoms with Crippen LogP contribution in [0, 0.1) is 0 Å². The van der Waals surface area contributed by atoms with Crippen LogP contribution < -0.4 is 15.0 Å². The van der Waals surface area contributed by atoms with Gasteiger partial charge in [0, 0.05) is 48.0 Å². The Morgan fingerprint density at radius 3 is 2.55 bits per heavy atom. The van der Waals surface area contributed by atoms with Crippen LogP contribution in [0.3, 0.4) is 0 Å². The van der Waals surface area contributed by atoms with Crippen LogP contribution in [-0.4, -0.2) is 56.9 Å². The molecule has 0 aliphatic carbocycles. The molecule has 0 radical (unpaired) electrons. The van der Waals surface area contributed by atoms with Crippen molar-refractivity contribution in [1.82, 2.24) is 15.0 Å². The van der Waals surface area contributed by atoms with Crippen molar-refractivity contribution in [1.29, 1.82) is 0 Å². The third-order valence-corrected chi connectivity index (χ3v) is 4.91. The Kier molecular flexibility index (Phi) is 6.34. The molecule has 2 aromatic heterocycles. The average molecular weight is 480 g/mol. The van der Waals surface area contributed by atoms with Crippen LogP contribution in [0.15, 0.2) is 55.1 Å². The summed E-state index contributed by atoms with van der Waals surface area (Å²) in [4.78, 5) is 26.9. The monoisotopic (exact) mass is 479 g/mol. The Labute approximate surface area is 191 Å². The molecular weight excluding hydrogens is 463 g/mol. The Morgan fingerprint density at radius 1 is 1.18 bits per heavy atom. The van der Waals surface area contributed by atoms with Gasteiger partial charge in [0.1, 0.15) is 23.8 Å². The number of hydrogen-bond donors (Lipinski definition) is 2. The molecule has 4 rings (SSSR count). The number of halogens is 4. The molecule has 1 aliphatic heterocycles. The highest BCUT2D eigenvalue weighted by molar-refractivity contribution is 6.20. The van der Waals surface area contributed by atoms with Gasteiger partial charge in [-0.3, -0.25) is 14.8 Å². The molecule has 1 saturated heterocycles. The lowest BCUT2D eigenvalue weighted by Crippen LogP contribution is -2.23. The molecule has 33 heavy (non-hydrogen) atoms. The Morgan fingerprint density at radius 2 is 1.94 bits per heavy atom. The van der Waals surface area contributed by atoms with E-state index in [0.29, 0.717) is 22.8 Å². The van der Waals surface area contributed by atoms with Crippen LogP contribution >= 0.6 is 11.6 Å². The Balaban J connectivity index is 1.58. The van der Waals surface area contributed by atoms with E-state index >= 15 is 0 Å². The number of nitrogens with one attached hydrogen (secondary N) is 1. The fourth-order valence-electron chi connectivity index (χ4n) is 3.32. The fourth-order valence-corrected chi connectivity index (χ4v) is 3.41. The first-order valence-electron chi connectivity index (χ1n) is 9.70. The van der Waals surface area contributed by atoms with E-state index in [1.165, 1.54) is 55.1 Å². The first-order chi connectivity index (χ1) is 15.7. The number of rotatable bonds is 6. The van der Waals surface area contributed by atoms with Crippen molar-refractivity contribution in [2.45, 2.75) is 17.8 Å². The predicted molar refractivity (Wildman–Crippen MR) is 114 cm³/mol. The molecule has 0 saturated carbocycles. The number of carbonyl (C=O) groups is 1. The minimum atomic E-state index is -3.84. The number of benzene rings is 1. The number of aliphatic hydroxyl groups excluding tert-OH is 1. The third kappa shape index (κ3) is 5.49. The number of ether oxygens (including phenoxy) is 1. The van der Waals surface area contributed by atoms with Gasteiger partial charge in [-0.2, -0.15) is 0 Å². The van der Waals surface area contributed by atoms with Gasteiger partial charge in [-0.05, 0) is 30.3 Å². The van der Waals surface area contributed by atoms with E-state index in [4.69, 9.17) is 11.6 Å². The summed E-state index contributed by atoms with van der Waals surface area (Å²) in [6.07, 6.45) is 3.18. The molecule has 2 unspecified atom stereocenters. The molecule has 0 bridgehead atoms. The van der Waals surface area contributed by atoms with Gasteiger partial charge in [-0.25, -0.2) is 9.37 Å².